The van der Waals surface area contributed by atoms with Crippen molar-refractivity contribution in [2.45, 2.75) is 19.8 Å². The highest BCUT2D eigenvalue weighted by molar-refractivity contribution is 6.35. The van der Waals surface area contributed by atoms with Crippen LogP contribution < -0.4 is 5.32 Å². The summed E-state index contributed by atoms with van der Waals surface area (Å²) >= 11 is 12.1. The van der Waals surface area contributed by atoms with Gasteiger partial charge in [-0.3, -0.25) is 14.5 Å². The van der Waals surface area contributed by atoms with Crippen LogP contribution in [0, 0.1) is 5.82 Å². The zero-order valence-electron chi connectivity index (χ0n) is 17.6. The zero-order valence-corrected chi connectivity index (χ0v) is 19.1. The van der Waals surface area contributed by atoms with Crippen LogP contribution in [0.15, 0.2) is 55.0 Å². The number of hydrogen-bond donors (Lipinski definition) is 2. The molecule has 0 atom stereocenters. The summed E-state index contributed by atoms with van der Waals surface area (Å²) in [6.45, 7) is -0.677. The highest BCUT2D eigenvalue weighted by atomic mass is 35.5. The van der Waals surface area contributed by atoms with Crippen LogP contribution in [0.3, 0.4) is 0 Å². The lowest BCUT2D eigenvalue weighted by molar-refractivity contribution is 0.0949. The van der Waals surface area contributed by atoms with Crippen molar-refractivity contribution in [2.75, 3.05) is 0 Å². The molecule has 6 nitrogen and oxygen atoms in total. The summed E-state index contributed by atoms with van der Waals surface area (Å²) in [6.07, 6.45) is 4.56. The molecule has 0 saturated carbocycles. The second kappa shape index (κ2) is 9.04. The van der Waals surface area contributed by atoms with Gasteiger partial charge in [-0.25, -0.2) is 8.78 Å². The third kappa shape index (κ3) is 4.22. The molecular formula is C24H17Cl2F2N5O. The molecule has 5 rings (SSSR count). The zero-order chi connectivity index (χ0) is 23.8. The van der Waals surface area contributed by atoms with Crippen molar-refractivity contribution in [3.63, 3.8) is 0 Å². The normalized spacial score (nSPS) is 11.4. The molecule has 3 aromatic heterocycles. The molecule has 0 fully saturated rings. The van der Waals surface area contributed by atoms with E-state index in [1.165, 1.54) is 17.1 Å². The van der Waals surface area contributed by atoms with Gasteiger partial charge in [0.2, 0.25) is 0 Å². The Morgan fingerprint density at radius 2 is 2.03 bits per heavy atom. The van der Waals surface area contributed by atoms with E-state index in [1.807, 2.05) is 18.2 Å². The van der Waals surface area contributed by atoms with Crippen LogP contribution in [0.25, 0.3) is 21.8 Å². The second-order valence-electron chi connectivity index (χ2n) is 7.78. The Kier molecular flexibility index (Phi) is 5.93. The first-order valence-corrected chi connectivity index (χ1v) is 11.1. The highest BCUT2D eigenvalue weighted by Crippen LogP contribution is 2.28. The van der Waals surface area contributed by atoms with Gasteiger partial charge in [-0.05, 0) is 29.8 Å². The number of carbonyl (C=O) groups is 1. The maximum Gasteiger partial charge on any atom is 0.255 e. The second-order valence-corrected chi connectivity index (χ2v) is 8.63. The van der Waals surface area contributed by atoms with Gasteiger partial charge in [0.15, 0.2) is 0 Å². The fourth-order valence-electron chi connectivity index (χ4n) is 3.86. The summed E-state index contributed by atoms with van der Waals surface area (Å²) in [6, 6.07) is 10.7. The van der Waals surface area contributed by atoms with Crippen molar-refractivity contribution < 1.29 is 13.6 Å². The number of aromatic nitrogens is 4. The maximum atomic E-state index is 14.8. The van der Waals surface area contributed by atoms with E-state index in [-0.39, 0.29) is 33.8 Å². The first-order chi connectivity index (χ1) is 16.4. The summed E-state index contributed by atoms with van der Waals surface area (Å²) in [7, 11) is 0. The Bertz CT molecular complexity index is 1550. The molecule has 0 aliphatic carbocycles. The number of nitrogens with one attached hydrogen (secondary N) is 2. The van der Waals surface area contributed by atoms with Gasteiger partial charge in [-0.15, -0.1) is 0 Å². The van der Waals surface area contributed by atoms with Crippen molar-refractivity contribution in [1.29, 1.82) is 0 Å². The van der Waals surface area contributed by atoms with E-state index in [0.29, 0.717) is 17.1 Å². The third-order valence-corrected chi connectivity index (χ3v) is 6.03. The average molecular weight is 500 g/mol. The molecule has 172 valence electrons. The van der Waals surface area contributed by atoms with Crippen LogP contribution in [-0.4, -0.2) is 25.7 Å². The van der Waals surface area contributed by atoms with Gasteiger partial charge in [0.25, 0.3) is 5.91 Å². The van der Waals surface area contributed by atoms with E-state index in [0.717, 1.165) is 16.5 Å². The third-order valence-electron chi connectivity index (χ3n) is 5.52. The van der Waals surface area contributed by atoms with Crippen LogP contribution >= 0.6 is 23.2 Å². The molecule has 10 heteroatoms. The SMILES string of the molecule is O=C(NCc1ccc2[nH]cc(Cl)c2c1F)c1cn(Cc2ccc3ncc(Cl)cc3c2)nc1CF. The summed E-state index contributed by atoms with van der Waals surface area (Å²) < 4.78 is 29.9. The number of aromatic amines is 1. The number of nitrogens with zero attached hydrogens (tertiary/aromatic N) is 3. The van der Waals surface area contributed by atoms with Crippen LogP contribution in [0.4, 0.5) is 8.78 Å². The lowest BCUT2D eigenvalue weighted by Gasteiger charge is -2.07. The largest absolute Gasteiger partial charge is 0.360 e. The Labute approximate surface area is 202 Å². The molecule has 0 aliphatic heterocycles. The van der Waals surface area contributed by atoms with E-state index in [2.05, 4.69) is 20.4 Å². The molecule has 0 unspecified atom stereocenters. The standard InChI is InChI=1S/C24H17Cl2F2N5O/c25-16-6-15-5-13(1-3-19(15)29-9-16)11-33-12-17(21(7-27)32-33)24(34)31-8-14-2-4-20-22(23(14)28)18(26)10-30-20/h1-6,9-10,12,30H,7-8,11H2,(H,31,34). The monoisotopic (exact) mass is 499 g/mol. The fraction of sp³-hybridized carbons (Fsp3) is 0.125. The van der Waals surface area contributed by atoms with Gasteiger partial charge < -0.3 is 10.3 Å². The number of pyridine rings is 1. The first kappa shape index (κ1) is 22.3. The highest BCUT2D eigenvalue weighted by Gasteiger charge is 2.18. The molecular weight excluding hydrogens is 483 g/mol. The first-order valence-electron chi connectivity index (χ1n) is 10.3. The van der Waals surface area contributed by atoms with Crippen molar-refractivity contribution >= 4 is 50.9 Å². The predicted molar refractivity (Wildman–Crippen MR) is 127 cm³/mol. The van der Waals surface area contributed by atoms with E-state index >= 15 is 0 Å². The number of hydrogen-bond acceptors (Lipinski definition) is 3. The molecule has 2 aromatic carbocycles. The molecule has 2 N–H and O–H groups in total. The Balaban J connectivity index is 1.34. The maximum absolute atomic E-state index is 14.8. The van der Waals surface area contributed by atoms with Crippen molar-refractivity contribution in [3.05, 3.63) is 93.2 Å². The van der Waals surface area contributed by atoms with E-state index < -0.39 is 18.4 Å². The Morgan fingerprint density at radius 3 is 2.85 bits per heavy atom. The van der Waals surface area contributed by atoms with E-state index in [1.54, 1.807) is 24.4 Å². The number of fused-ring (bicyclic) bond motifs is 2. The van der Waals surface area contributed by atoms with E-state index in [9.17, 15) is 13.6 Å². The number of halogens is 4. The van der Waals surface area contributed by atoms with Gasteiger partial charge in [0.05, 0.1) is 33.1 Å². The molecule has 0 bridgehead atoms. The lowest BCUT2D eigenvalue weighted by atomic mass is 10.1. The van der Waals surface area contributed by atoms with Crippen LogP contribution in [-0.2, 0) is 19.8 Å². The molecule has 34 heavy (non-hydrogen) atoms. The van der Waals surface area contributed by atoms with Gasteiger partial charge in [-0.1, -0.05) is 35.3 Å². The summed E-state index contributed by atoms with van der Waals surface area (Å²) in [5.74, 6) is -1.07. The van der Waals surface area contributed by atoms with Gasteiger partial charge >= 0.3 is 0 Å². The van der Waals surface area contributed by atoms with Crippen molar-refractivity contribution in [1.82, 2.24) is 25.1 Å². The molecule has 1 amide bonds. The van der Waals surface area contributed by atoms with Crippen LogP contribution in [0.1, 0.15) is 27.2 Å². The van der Waals surface area contributed by atoms with Gasteiger partial charge in [-0.2, -0.15) is 5.10 Å². The quantitative estimate of drug-likeness (QED) is 0.309. The van der Waals surface area contributed by atoms with Crippen LogP contribution in [0.5, 0.6) is 0 Å². The Hall–Kier alpha value is -3.49. The minimum atomic E-state index is -0.910. The smallest absolute Gasteiger partial charge is 0.255 e. The number of H-pyrrole nitrogens is 1. The molecule has 0 spiro atoms. The Morgan fingerprint density at radius 1 is 1.18 bits per heavy atom. The number of amides is 1. The van der Waals surface area contributed by atoms with Crippen molar-refractivity contribution in [3.8, 4) is 0 Å². The number of benzene rings is 2. The number of rotatable bonds is 6. The molecule has 0 aliphatic rings. The predicted octanol–water partition coefficient (Wildman–Crippen LogP) is 5.81. The summed E-state index contributed by atoms with van der Waals surface area (Å²) in [4.78, 5) is 19.9. The van der Waals surface area contributed by atoms with Crippen LogP contribution in [0.2, 0.25) is 10.0 Å². The minimum absolute atomic E-state index is 0.00704. The molecule has 0 radical (unpaired) electrons. The number of carbonyl (C=O) groups excluding carboxylic acids is 1. The molecule has 5 aromatic rings. The van der Waals surface area contributed by atoms with E-state index in [4.69, 9.17) is 23.2 Å². The van der Waals surface area contributed by atoms with Gasteiger partial charge in [0, 0.05) is 41.6 Å². The summed E-state index contributed by atoms with van der Waals surface area (Å²) in [5, 5.41) is 8.75. The van der Waals surface area contributed by atoms with Crippen molar-refractivity contribution in [2.24, 2.45) is 0 Å². The minimum Gasteiger partial charge on any atom is -0.360 e. The summed E-state index contributed by atoms with van der Waals surface area (Å²) in [5.41, 5.74) is 2.60. The average Bonchev–Trinajstić information content (AvgIpc) is 3.41. The van der Waals surface area contributed by atoms with Gasteiger partial charge in [0.1, 0.15) is 18.2 Å². The lowest BCUT2D eigenvalue weighted by Crippen LogP contribution is -2.24. The fourth-order valence-corrected chi connectivity index (χ4v) is 4.27. The topological polar surface area (TPSA) is 75.6 Å². The molecule has 0 saturated heterocycles. The number of alkyl halides is 1. The molecule has 3 heterocycles.